The molecule has 0 bridgehead atoms. The Morgan fingerprint density at radius 2 is 1.85 bits per heavy atom. The molecule has 0 spiro atoms. The predicted molar refractivity (Wildman–Crippen MR) is 254 cm³/mol. The molecular formula is C50H60N8O8S. The number of amides is 5. The van der Waals surface area contributed by atoms with Crippen LogP contribution in [0.3, 0.4) is 0 Å². The number of methoxy groups -OCH3 is 1. The maximum atomic E-state index is 15.0. The maximum absolute atomic E-state index is 15.0. The molecule has 2 aliphatic carbocycles. The molecule has 354 valence electrons. The Morgan fingerprint density at radius 1 is 1.01 bits per heavy atom. The van der Waals surface area contributed by atoms with Gasteiger partial charge in [-0.25, -0.2) is 19.6 Å². The molecule has 2 aromatic carbocycles. The van der Waals surface area contributed by atoms with E-state index >= 15 is 4.79 Å². The summed E-state index contributed by atoms with van der Waals surface area (Å²) < 4.78 is 12.3. The molecule has 2 saturated carbocycles. The van der Waals surface area contributed by atoms with Crippen LogP contribution in [0.1, 0.15) is 94.0 Å². The third-order valence-corrected chi connectivity index (χ3v) is 14.8. The third kappa shape index (κ3) is 9.92. The molecule has 5 amide bonds. The summed E-state index contributed by atoms with van der Waals surface area (Å²) in [6.07, 6.45) is 10.3. The number of carboxylic acid groups (broad SMARTS) is 1. The number of rotatable bonds is 12. The van der Waals surface area contributed by atoms with Gasteiger partial charge in [0.1, 0.15) is 40.9 Å². The molecule has 5 aliphatic rings. The summed E-state index contributed by atoms with van der Waals surface area (Å²) >= 11 is 1.46. The molecule has 3 aliphatic heterocycles. The second-order valence-electron chi connectivity index (χ2n) is 19.0. The molecule has 5 heterocycles. The lowest BCUT2D eigenvalue weighted by Crippen LogP contribution is -2.59. The first kappa shape index (κ1) is 45.9. The highest BCUT2D eigenvalue weighted by Crippen LogP contribution is 2.46. The molecule has 1 saturated heterocycles. The number of benzene rings is 2. The van der Waals surface area contributed by atoms with Crippen molar-refractivity contribution in [1.29, 1.82) is 0 Å². The third-order valence-electron chi connectivity index (χ3n) is 14.0. The summed E-state index contributed by atoms with van der Waals surface area (Å²) in [6.45, 7) is 4.98. The second kappa shape index (κ2) is 19.5. The molecule has 67 heavy (non-hydrogen) atoms. The van der Waals surface area contributed by atoms with Gasteiger partial charge in [0.2, 0.25) is 11.8 Å². The van der Waals surface area contributed by atoms with Crippen molar-refractivity contribution in [3.05, 3.63) is 77.2 Å². The van der Waals surface area contributed by atoms with Gasteiger partial charge in [-0.15, -0.1) is 11.3 Å². The number of pyridine rings is 1. The van der Waals surface area contributed by atoms with Crippen molar-refractivity contribution in [2.24, 2.45) is 11.8 Å². The zero-order valence-corrected chi connectivity index (χ0v) is 39.1. The molecule has 4 aromatic rings. The van der Waals surface area contributed by atoms with E-state index < -0.39 is 47.5 Å². The van der Waals surface area contributed by atoms with E-state index in [1.165, 1.54) is 16.2 Å². The van der Waals surface area contributed by atoms with Gasteiger partial charge < -0.3 is 45.6 Å². The van der Waals surface area contributed by atoms with Gasteiger partial charge in [0.15, 0.2) is 5.13 Å². The number of aromatic nitrogens is 2. The average Bonchev–Trinajstić information content (AvgIpc) is 3.55. The normalized spacial score (nSPS) is 25.3. The van der Waals surface area contributed by atoms with Crippen molar-refractivity contribution >= 4 is 57.1 Å². The number of hydrogen-bond acceptors (Lipinski definition) is 11. The number of carbonyl (C=O) groups is 5. The van der Waals surface area contributed by atoms with Gasteiger partial charge in [0, 0.05) is 59.9 Å². The minimum absolute atomic E-state index is 0.00215. The lowest BCUT2D eigenvalue weighted by Gasteiger charge is -2.39. The number of thiazole rings is 1. The Kier molecular flexibility index (Phi) is 13.4. The average molecular weight is 933 g/mol. The van der Waals surface area contributed by atoms with Crippen molar-refractivity contribution in [2.45, 2.75) is 120 Å². The molecule has 5 N–H and O–H groups in total. The minimum Gasteiger partial charge on any atom is -0.497 e. The van der Waals surface area contributed by atoms with E-state index in [1.807, 2.05) is 84.8 Å². The lowest BCUT2D eigenvalue weighted by atomic mass is 9.79. The van der Waals surface area contributed by atoms with Crippen molar-refractivity contribution in [1.82, 2.24) is 35.7 Å². The summed E-state index contributed by atoms with van der Waals surface area (Å²) in [5.41, 5.74) is 2.02. The van der Waals surface area contributed by atoms with Crippen LogP contribution in [0.15, 0.2) is 66.1 Å². The first-order chi connectivity index (χ1) is 32.4. The number of hydrogen-bond donors (Lipinski definition) is 5. The van der Waals surface area contributed by atoms with Crippen molar-refractivity contribution < 1.29 is 38.6 Å². The molecule has 3 fully saturated rings. The molecule has 2 aromatic heterocycles. The summed E-state index contributed by atoms with van der Waals surface area (Å²) in [5, 5.41) is 26.1. The monoisotopic (exact) mass is 932 g/mol. The first-order valence-electron chi connectivity index (χ1n) is 23.7. The van der Waals surface area contributed by atoms with Crippen LogP contribution < -0.4 is 30.7 Å². The van der Waals surface area contributed by atoms with Crippen molar-refractivity contribution in [2.75, 3.05) is 32.1 Å². The molecule has 9 rings (SSSR count). The number of carboxylic acids is 1. The Balaban J connectivity index is 0.989. The van der Waals surface area contributed by atoms with E-state index in [2.05, 4.69) is 21.3 Å². The van der Waals surface area contributed by atoms with E-state index in [-0.39, 0.29) is 49.2 Å². The highest BCUT2D eigenvalue weighted by Gasteiger charge is 2.61. The van der Waals surface area contributed by atoms with Gasteiger partial charge in [0.25, 0.3) is 5.91 Å². The number of nitrogens with one attached hydrogen (secondary N) is 4. The van der Waals surface area contributed by atoms with Gasteiger partial charge in [-0.3, -0.25) is 14.4 Å². The van der Waals surface area contributed by atoms with Crippen LogP contribution in [0.5, 0.6) is 11.5 Å². The number of urea groups is 1. The Morgan fingerprint density at radius 3 is 2.63 bits per heavy atom. The molecule has 1 unspecified atom stereocenters. The SMILES string of the molecule is COc1ccc2c(O[C@@H]3C[C@H]4C(=O)N[C@]5(C(=O)O)CC5/C=C\CCCCC[C@H](NC(=O)N[C@H](CN5CCc6ccccc6C5=O)C5CCC5)C(=O)N4C3)cc(-c3csc(NC(C)C)n3)nc2c1. The van der Waals surface area contributed by atoms with E-state index in [1.54, 1.807) is 7.11 Å². The van der Waals surface area contributed by atoms with Crippen LogP contribution in [0, 0.1) is 11.8 Å². The van der Waals surface area contributed by atoms with Gasteiger partial charge in [-0.2, -0.15) is 0 Å². The highest BCUT2D eigenvalue weighted by atomic mass is 32.1. The number of fused-ring (bicyclic) bond motifs is 4. The Bertz CT molecular complexity index is 2560. The number of carbonyl (C=O) groups excluding carboxylic acids is 4. The van der Waals surface area contributed by atoms with Crippen LogP contribution >= 0.6 is 11.3 Å². The van der Waals surface area contributed by atoms with Crippen molar-refractivity contribution in [3.8, 4) is 22.9 Å². The molecule has 0 radical (unpaired) electrons. The molecule has 17 heteroatoms. The summed E-state index contributed by atoms with van der Waals surface area (Å²) in [7, 11) is 1.58. The van der Waals surface area contributed by atoms with Gasteiger partial charge in [-0.05, 0) is 88.5 Å². The number of anilines is 1. The van der Waals surface area contributed by atoms with E-state index in [9.17, 15) is 24.3 Å². The van der Waals surface area contributed by atoms with Gasteiger partial charge >= 0.3 is 12.0 Å². The van der Waals surface area contributed by atoms with E-state index in [4.69, 9.17) is 19.4 Å². The fourth-order valence-corrected chi connectivity index (χ4v) is 10.8. The standard InChI is InChI=1S/C50H60N8O8S/c1-29(2)51-49-55-41(28-67-49)39-24-43(36-19-18-33(65-3)22-38(36)52-39)66-34-23-42-44(59)56-50(47(62)63)25-32(50)15-7-5-4-6-8-17-37(46(61)58(42)26-34)53-48(64)54-40(31-13-11-14-31)27-57-21-20-30-12-9-10-16-35(30)45(57)60/h7,9-10,12,15-16,18-19,22,24,28-29,31-32,34,37,40,42H,4-6,8,11,13-14,17,20-21,23,25-27H2,1-3H3,(H,51,55)(H,56,59)(H,62,63)(H2,53,54,64)/b15-7-/t32?,34-,37+,40-,42+,50-/m1/s1. The smallest absolute Gasteiger partial charge is 0.330 e. The zero-order valence-electron chi connectivity index (χ0n) is 38.3. The molecule has 6 atom stereocenters. The Labute approximate surface area is 394 Å². The quantitative estimate of drug-likeness (QED) is 0.0964. The Hall–Kier alpha value is -6.23. The first-order valence-corrected chi connectivity index (χ1v) is 24.6. The zero-order chi connectivity index (χ0) is 46.8. The molecular weight excluding hydrogens is 873 g/mol. The number of allylic oxidation sites excluding steroid dienone is 1. The van der Waals surface area contributed by atoms with Crippen molar-refractivity contribution in [3.63, 3.8) is 0 Å². The van der Waals surface area contributed by atoms with Crippen LogP contribution in [0.25, 0.3) is 22.3 Å². The number of ether oxygens (including phenoxy) is 2. The highest BCUT2D eigenvalue weighted by molar-refractivity contribution is 7.14. The largest absolute Gasteiger partial charge is 0.497 e. The number of aliphatic carboxylic acids is 1. The summed E-state index contributed by atoms with van der Waals surface area (Å²) in [5.74, 6) is -1.35. The fourth-order valence-electron chi connectivity index (χ4n) is 9.97. The van der Waals surface area contributed by atoms with Crippen LogP contribution in [-0.2, 0) is 20.8 Å². The van der Waals surface area contributed by atoms with E-state index in [0.717, 1.165) is 55.6 Å². The summed E-state index contributed by atoms with van der Waals surface area (Å²) in [6, 6.07) is 12.2. The maximum Gasteiger partial charge on any atom is 0.330 e. The number of nitrogens with zero attached hydrogens (tertiary/aromatic N) is 4. The minimum atomic E-state index is -1.49. The van der Waals surface area contributed by atoms with Crippen LogP contribution in [0.2, 0.25) is 0 Å². The predicted octanol–water partition coefficient (Wildman–Crippen LogP) is 6.55. The van der Waals surface area contributed by atoms with E-state index in [0.29, 0.717) is 65.3 Å². The lowest BCUT2D eigenvalue weighted by molar-refractivity contribution is -0.145. The van der Waals surface area contributed by atoms with Gasteiger partial charge in [0.05, 0.1) is 30.9 Å². The van der Waals surface area contributed by atoms with Crippen LogP contribution in [0.4, 0.5) is 9.93 Å². The fraction of sp³-hybridized carbons (Fsp3) is 0.500. The van der Waals surface area contributed by atoms with Gasteiger partial charge in [-0.1, -0.05) is 49.6 Å². The topological polar surface area (TPSA) is 204 Å². The summed E-state index contributed by atoms with van der Waals surface area (Å²) in [4.78, 5) is 83.0. The van der Waals surface area contributed by atoms with Crippen LogP contribution in [-0.4, -0.2) is 117 Å². The molecule has 16 nitrogen and oxygen atoms in total. The second-order valence-corrected chi connectivity index (χ2v) is 19.8.